The second-order valence-electron chi connectivity index (χ2n) is 18.1. The van der Waals surface area contributed by atoms with E-state index in [2.05, 4.69) is 72.1 Å². The first-order valence-electron chi connectivity index (χ1n) is 17.0. The summed E-state index contributed by atoms with van der Waals surface area (Å²) < 4.78 is 12.7. The molecule has 8 heteroatoms. The van der Waals surface area contributed by atoms with Gasteiger partial charge in [0.2, 0.25) is 0 Å². The van der Waals surface area contributed by atoms with E-state index in [1.54, 1.807) is 0 Å². The normalized spacial score (nSPS) is 21.4. The van der Waals surface area contributed by atoms with E-state index in [0.29, 0.717) is 25.7 Å². The summed E-state index contributed by atoms with van der Waals surface area (Å²) in [6, 6.07) is 5.97. The molecule has 0 radical (unpaired) electrons. The van der Waals surface area contributed by atoms with Gasteiger partial charge in [-0.1, -0.05) is 46.8 Å². The zero-order valence-electron chi connectivity index (χ0n) is 30.9. The van der Waals surface area contributed by atoms with Crippen LogP contribution in [0.3, 0.4) is 0 Å². The molecular formula is C38H61N3O5. The number of phenolic OH excluding ortho intramolecular Hbond substituents is 1. The highest BCUT2D eigenvalue weighted by molar-refractivity contribution is 6.00. The van der Waals surface area contributed by atoms with E-state index in [9.17, 15) is 20.0 Å². The Morgan fingerprint density at radius 2 is 1.28 bits per heavy atom. The highest BCUT2D eigenvalue weighted by Gasteiger charge is 2.52. The molecule has 0 amide bonds. The van der Waals surface area contributed by atoms with Gasteiger partial charge in [0.1, 0.15) is 18.0 Å². The van der Waals surface area contributed by atoms with Crippen molar-refractivity contribution in [3.8, 4) is 11.8 Å². The lowest BCUT2D eigenvalue weighted by molar-refractivity contribution is -0.183. The minimum absolute atomic E-state index is 0.00490. The topological polar surface area (TPSA) is 121 Å². The van der Waals surface area contributed by atoms with E-state index in [0.717, 1.165) is 16.7 Å². The first-order chi connectivity index (χ1) is 20.8. The number of phenols is 1. The molecule has 46 heavy (non-hydrogen) atoms. The molecule has 0 bridgehead atoms. The second-order valence-corrected chi connectivity index (χ2v) is 18.1. The van der Waals surface area contributed by atoms with Crippen molar-refractivity contribution in [2.45, 2.75) is 181 Å². The van der Waals surface area contributed by atoms with Crippen molar-refractivity contribution in [1.29, 1.82) is 5.26 Å². The van der Waals surface area contributed by atoms with Crippen LogP contribution in [-0.2, 0) is 30.9 Å². The summed E-state index contributed by atoms with van der Waals surface area (Å²) in [5.74, 6) is -1.05. The third-order valence-electron chi connectivity index (χ3n) is 9.43. The lowest BCUT2D eigenvalue weighted by Gasteiger charge is -2.47. The van der Waals surface area contributed by atoms with Crippen LogP contribution >= 0.6 is 0 Å². The molecule has 0 saturated carbocycles. The largest absolute Gasteiger partial charge is 0.507 e. The van der Waals surface area contributed by atoms with Gasteiger partial charge in [0.15, 0.2) is 5.41 Å². The van der Waals surface area contributed by atoms with Crippen molar-refractivity contribution in [2.24, 2.45) is 5.41 Å². The summed E-state index contributed by atoms with van der Waals surface area (Å²) >= 11 is 0. The number of ether oxygens (including phenoxy) is 2. The summed E-state index contributed by atoms with van der Waals surface area (Å²) in [7, 11) is 0. The molecule has 3 rings (SSSR count). The minimum atomic E-state index is -1.74. The second kappa shape index (κ2) is 13.1. The molecule has 1 aromatic carbocycles. The van der Waals surface area contributed by atoms with Gasteiger partial charge in [-0.15, -0.1) is 0 Å². The monoisotopic (exact) mass is 639 g/mol. The highest BCUT2D eigenvalue weighted by Crippen LogP contribution is 2.42. The van der Waals surface area contributed by atoms with Crippen LogP contribution in [0.1, 0.15) is 151 Å². The highest BCUT2D eigenvalue weighted by atomic mass is 16.6. The Morgan fingerprint density at radius 3 is 1.63 bits per heavy atom. The number of hydrogen-bond donors (Lipinski definition) is 3. The van der Waals surface area contributed by atoms with E-state index in [-0.39, 0.29) is 53.1 Å². The number of aromatic hydroxyl groups is 1. The maximum absolute atomic E-state index is 14.7. The van der Waals surface area contributed by atoms with Crippen molar-refractivity contribution >= 4 is 11.9 Å². The van der Waals surface area contributed by atoms with E-state index in [4.69, 9.17) is 9.47 Å². The Morgan fingerprint density at radius 1 is 0.870 bits per heavy atom. The minimum Gasteiger partial charge on any atom is -0.507 e. The van der Waals surface area contributed by atoms with Crippen molar-refractivity contribution in [3.05, 3.63) is 28.8 Å². The first kappa shape index (κ1) is 37.8. The summed E-state index contributed by atoms with van der Waals surface area (Å²) in [5.41, 5.74) is -1.02. The standard InChI is InChI=1S/C38H61N3O5/c1-24(2)28-17-25(18-29(30(28)42)33(3,4)5)19-38(15-14-16-39,31(43)45-26-20-34(6,7)40-35(8,9)21-26)32(44)46-27-22-36(10,11)41-37(12,13)23-27/h17-18,24,26-27,40-42H,14-15,19-23H2,1-13H3. The summed E-state index contributed by atoms with van der Waals surface area (Å²) in [6.45, 7) is 26.8. The van der Waals surface area contributed by atoms with Crippen LogP contribution in [0.4, 0.5) is 0 Å². The fraction of sp³-hybridized carbons (Fsp3) is 0.763. The van der Waals surface area contributed by atoms with Gasteiger partial charge in [-0.25, -0.2) is 0 Å². The van der Waals surface area contributed by atoms with E-state index in [1.807, 2.05) is 46.8 Å². The van der Waals surface area contributed by atoms with Crippen molar-refractivity contribution in [2.75, 3.05) is 0 Å². The van der Waals surface area contributed by atoms with Gasteiger partial charge in [0, 0.05) is 54.3 Å². The average molecular weight is 640 g/mol. The molecule has 0 aromatic heterocycles. The fourth-order valence-electron chi connectivity index (χ4n) is 8.12. The number of benzene rings is 1. The predicted molar refractivity (Wildman–Crippen MR) is 183 cm³/mol. The number of nitrogens with one attached hydrogen (secondary N) is 2. The van der Waals surface area contributed by atoms with Crippen molar-refractivity contribution < 1.29 is 24.2 Å². The molecule has 2 aliphatic rings. The number of esters is 2. The molecule has 2 fully saturated rings. The van der Waals surface area contributed by atoms with Gasteiger partial charge in [-0.2, -0.15) is 5.26 Å². The molecule has 0 spiro atoms. The van der Waals surface area contributed by atoms with Crippen molar-refractivity contribution in [1.82, 2.24) is 10.6 Å². The molecule has 258 valence electrons. The number of rotatable bonds is 9. The number of carbonyl (C=O) groups is 2. The average Bonchev–Trinajstić information content (AvgIpc) is 2.82. The summed E-state index contributed by atoms with van der Waals surface area (Å²) in [5, 5.41) is 28.3. The molecule has 8 nitrogen and oxygen atoms in total. The van der Waals surface area contributed by atoms with Crippen LogP contribution in [0.15, 0.2) is 12.1 Å². The third kappa shape index (κ3) is 9.25. The number of nitriles is 1. The van der Waals surface area contributed by atoms with Crippen molar-refractivity contribution in [3.63, 3.8) is 0 Å². The summed E-state index contributed by atoms with van der Waals surface area (Å²) in [4.78, 5) is 29.3. The molecule has 1 aromatic rings. The molecule has 2 saturated heterocycles. The number of carbonyl (C=O) groups excluding carboxylic acids is 2. The lowest BCUT2D eigenvalue weighted by atomic mass is 9.74. The third-order valence-corrected chi connectivity index (χ3v) is 9.43. The van der Waals surface area contributed by atoms with E-state index in [1.165, 1.54) is 0 Å². The van der Waals surface area contributed by atoms with E-state index < -0.39 is 35.0 Å². The molecule has 2 aliphatic heterocycles. The Hall–Kier alpha value is -2.63. The Balaban J connectivity index is 2.16. The SMILES string of the molecule is CC(C)c1cc(CC(CCC#N)(C(=O)OC2CC(C)(C)NC(C)(C)C2)C(=O)OC2CC(C)(C)NC(C)(C)C2)cc(C(C)(C)C)c1O. The number of nitrogens with zero attached hydrogens (tertiary/aromatic N) is 1. The lowest BCUT2D eigenvalue weighted by Crippen LogP contribution is -2.61. The molecule has 0 aliphatic carbocycles. The molecule has 3 N–H and O–H groups in total. The van der Waals surface area contributed by atoms with Gasteiger partial charge in [0.05, 0.1) is 6.07 Å². The first-order valence-corrected chi connectivity index (χ1v) is 17.0. The van der Waals surface area contributed by atoms with Crippen LogP contribution in [0, 0.1) is 16.7 Å². The van der Waals surface area contributed by atoms with Crippen LogP contribution in [0.25, 0.3) is 0 Å². The van der Waals surface area contributed by atoms with Crippen LogP contribution in [-0.4, -0.2) is 51.4 Å². The Bertz CT molecular complexity index is 1240. The number of piperidine rings is 2. The van der Waals surface area contributed by atoms with Gasteiger partial charge in [-0.05, 0) is 96.3 Å². The molecule has 0 unspecified atom stereocenters. The zero-order valence-corrected chi connectivity index (χ0v) is 30.9. The predicted octanol–water partition coefficient (Wildman–Crippen LogP) is 7.35. The fourth-order valence-corrected chi connectivity index (χ4v) is 8.12. The van der Waals surface area contributed by atoms with Crippen LogP contribution < -0.4 is 10.6 Å². The molecule has 2 heterocycles. The molecular weight excluding hydrogens is 578 g/mol. The van der Waals surface area contributed by atoms with Gasteiger partial charge < -0.3 is 25.2 Å². The summed E-state index contributed by atoms with van der Waals surface area (Å²) in [6.07, 6.45) is 1.49. The van der Waals surface area contributed by atoms with E-state index >= 15 is 0 Å². The van der Waals surface area contributed by atoms with Crippen LogP contribution in [0.5, 0.6) is 5.75 Å². The molecule has 0 atom stereocenters. The van der Waals surface area contributed by atoms with Gasteiger partial charge in [0.25, 0.3) is 0 Å². The van der Waals surface area contributed by atoms with Gasteiger partial charge in [-0.3, -0.25) is 9.59 Å². The Labute approximate surface area is 278 Å². The zero-order chi connectivity index (χ0) is 35.1. The van der Waals surface area contributed by atoms with Crippen LogP contribution in [0.2, 0.25) is 0 Å². The maximum Gasteiger partial charge on any atom is 0.324 e. The number of hydrogen-bond acceptors (Lipinski definition) is 8. The maximum atomic E-state index is 14.7. The Kier molecular flexibility index (Phi) is 10.8. The van der Waals surface area contributed by atoms with Gasteiger partial charge >= 0.3 is 11.9 Å². The smallest absolute Gasteiger partial charge is 0.324 e. The quantitative estimate of drug-likeness (QED) is 0.189.